The fourth-order valence-electron chi connectivity index (χ4n) is 1.90. The Kier molecular flexibility index (Phi) is 3.97. The van der Waals surface area contributed by atoms with Crippen molar-refractivity contribution in [2.24, 2.45) is 0 Å². The van der Waals surface area contributed by atoms with E-state index in [1.807, 2.05) is 0 Å². The summed E-state index contributed by atoms with van der Waals surface area (Å²) in [6.45, 7) is 1.43. The molecule has 1 aromatic heterocycles. The molecule has 1 unspecified atom stereocenters. The molecule has 1 aliphatic rings. The van der Waals surface area contributed by atoms with Crippen LogP contribution in [-0.4, -0.2) is 42.1 Å². The lowest BCUT2D eigenvalue weighted by molar-refractivity contribution is 0.0587. The van der Waals surface area contributed by atoms with Gasteiger partial charge in [-0.3, -0.25) is 4.79 Å². The summed E-state index contributed by atoms with van der Waals surface area (Å²) in [5.41, 5.74) is 0.551. The van der Waals surface area contributed by atoms with Gasteiger partial charge in [-0.15, -0.1) is 0 Å². The Morgan fingerprint density at radius 1 is 1.65 bits per heavy atom. The second-order valence-electron chi connectivity index (χ2n) is 4.19. The second kappa shape index (κ2) is 5.47. The lowest BCUT2D eigenvalue weighted by Gasteiger charge is -2.20. The molecule has 0 aliphatic carbocycles. The van der Waals surface area contributed by atoms with Gasteiger partial charge in [-0.1, -0.05) is 11.6 Å². The third-order valence-electron chi connectivity index (χ3n) is 2.82. The van der Waals surface area contributed by atoms with E-state index in [1.165, 1.54) is 6.20 Å². The summed E-state index contributed by atoms with van der Waals surface area (Å²) in [7, 11) is 1.78. The smallest absolute Gasteiger partial charge is 0.255 e. The molecule has 2 heterocycles. The van der Waals surface area contributed by atoms with Crippen molar-refractivity contribution in [3.8, 4) is 0 Å². The first-order valence-electron chi connectivity index (χ1n) is 5.65. The molecule has 0 N–H and O–H groups in total. The average Bonchev–Trinajstić information content (AvgIpc) is 2.82. The molecule has 5 heteroatoms. The number of hydrogen-bond acceptors (Lipinski definition) is 3. The summed E-state index contributed by atoms with van der Waals surface area (Å²) >= 11 is 5.68. The Labute approximate surface area is 106 Å². The van der Waals surface area contributed by atoms with E-state index in [2.05, 4.69) is 4.98 Å². The molecule has 1 saturated heterocycles. The van der Waals surface area contributed by atoms with Crippen molar-refractivity contribution in [3.05, 3.63) is 29.0 Å². The standard InChI is InChI=1S/C12H15ClN2O2/c1-15(8-10-3-2-6-17-10)12(16)9-4-5-11(13)14-7-9/h4-5,7,10H,2-3,6,8H2,1H3. The van der Waals surface area contributed by atoms with Gasteiger partial charge in [0.2, 0.25) is 0 Å². The van der Waals surface area contributed by atoms with Crippen LogP contribution < -0.4 is 0 Å². The molecule has 0 spiro atoms. The highest BCUT2D eigenvalue weighted by Crippen LogP contribution is 2.14. The number of carbonyl (C=O) groups is 1. The first-order chi connectivity index (χ1) is 8.16. The number of amides is 1. The minimum absolute atomic E-state index is 0.0512. The average molecular weight is 255 g/mol. The van der Waals surface area contributed by atoms with Crippen molar-refractivity contribution < 1.29 is 9.53 Å². The number of carbonyl (C=O) groups excluding carboxylic acids is 1. The third kappa shape index (κ3) is 3.17. The molecule has 1 amide bonds. The van der Waals surface area contributed by atoms with Gasteiger partial charge >= 0.3 is 0 Å². The largest absolute Gasteiger partial charge is 0.376 e. The molecule has 0 bridgehead atoms. The molecular weight excluding hydrogens is 240 g/mol. The zero-order valence-corrected chi connectivity index (χ0v) is 10.5. The van der Waals surface area contributed by atoms with Crippen molar-refractivity contribution in [2.45, 2.75) is 18.9 Å². The summed E-state index contributed by atoms with van der Waals surface area (Å²) < 4.78 is 5.50. The molecule has 17 heavy (non-hydrogen) atoms. The van der Waals surface area contributed by atoms with Crippen LogP contribution in [0.4, 0.5) is 0 Å². The number of hydrogen-bond donors (Lipinski definition) is 0. The number of halogens is 1. The first kappa shape index (κ1) is 12.3. The molecule has 92 valence electrons. The minimum Gasteiger partial charge on any atom is -0.376 e. The highest BCUT2D eigenvalue weighted by Gasteiger charge is 2.20. The number of pyridine rings is 1. The third-order valence-corrected chi connectivity index (χ3v) is 3.05. The second-order valence-corrected chi connectivity index (χ2v) is 4.58. The zero-order chi connectivity index (χ0) is 12.3. The summed E-state index contributed by atoms with van der Waals surface area (Å²) in [4.78, 5) is 17.6. The van der Waals surface area contributed by atoms with E-state index in [9.17, 15) is 4.79 Å². The van der Waals surface area contributed by atoms with E-state index in [-0.39, 0.29) is 12.0 Å². The molecule has 1 fully saturated rings. The van der Waals surface area contributed by atoms with Gasteiger partial charge in [0.25, 0.3) is 5.91 Å². The Morgan fingerprint density at radius 3 is 3.06 bits per heavy atom. The molecule has 1 atom stereocenters. The number of rotatable bonds is 3. The Morgan fingerprint density at radius 2 is 2.47 bits per heavy atom. The molecule has 1 aromatic rings. The van der Waals surface area contributed by atoms with Crippen LogP contribution in [0.25, 0.3) is 0 Å². The van der Waals surface area contributed by atoms with Gasteiger partial charge in [0.15, 0.2) is 0 Å². The number of aromatic nitrogens is 1. The van der Waals surface area contributed by atoms with E-state index in [0.29, 0.717) is 17.3 Å². The van der Waals surface area contributed by atoms with Crippen LogP contribution in [0.2, 0.25) is 5.15 Å². The van der Waals surface area contributed by atoms with Crippen LogP contribution in [0.1, 0.15) is 23.2 Å². The van der Waals surface area contributed by atoms with E-state index in [0.717, 1.165) is 19.4 Å². The first-order valence-corrected chi connectivity index (χ1v) is 6.03. The number of ether oxygens (including phenoxy) is 1. The normalized spacial score (nSPS) is 19.3. The van der Waals surface area contributed by atoms with E-state index < -0.39 is 0 Å². The fourth-order valence-corrected chi connectivity index (χ4v) is 2.01. The predicted molar refractivity (Wildman–Crippen MR) is 65.2 cm³/mol. The maximum atomic E-state index is 12.0. The maximum Gasteiger partial charge on any atom is 0.255 e. The summed E-state index contributed by atoms with van der Waals surface area (Å²) in [5, 5.41) is 0.392. The topological polar surface area (TPSA) is 42.4 Å². The van der Waals surface area contributed by atoms with Gasteiger partial charge in [-0.2, -0.15) is 0 Å². The number of nitrogens with zero attached hydrogens (tertiary/aromatic N) is 2. The van der Waals surface area contributed by atoms with Crippen molar-refractivity contribution in [1.82, 2.24) is 9.88 Å². The van der Waals surface area contributed by atoms with E-state index in [4.69, 9.17) is 16.3 Å². The number of likely N-dealkylation sites (N-methyl/N-ethyl adjacent to an activating group) is 1. The van der Waals surface area contributed by atoms with Crippen LogP contribution in [0, 0.1) is 0 Å². The monoisotopic (exact) mass is 254 g/mol. The molecule has 0 saturated carbocycles. The van der Waals surface area contributed by atoms with Crippen LogP contribution in [0.5, 0.6) is 0 Å². The van der Waals surface area contributed by atoms with Crippen LogP contribution in [0.3, 0.4) is 0 Å². The highest BCUT2D eigenvalue weighted by atomic mass is 35.5. The molecular formula is C12H15ClN2O2. The van der Waals surface area contributed by atoms with E-state index in [1.54, 1.807) is 24.1 Å². The Bertz CT molecular complexity index is 388. The molecule has 0 aromatic carbocycles. The Balaban J connectivity index is 1.96. The summed E-state index contributed by atoms with van der Waals surface area (Å²) in [6.07, 6.45) is 3.77. The van der Waals surface area contributed by atoms with Gasteiger partial charge in [-0.05, 0) is 25.0 Å². The van der Waals surface area contributed by atoms with Crippen molar-refractivity contribution in [1.29, 1.82) is 0 Å². The summed E-state index contributed by atoms with van der Waals surface area (Å²) in [6, 6.07) is 3.30. The van der Waals surface area contributed by atoms with Crippen LogP contribution in [-0.2, 0) is 4.74 Å². The highest BCUT2D eigenvalue weighted by molar-refractivity contribution is 6.29. The molecule has 2 rings (SSSR count). The van der Waals surface area contributed by atoms with Crippen molar-refractivity contribution in [2.75, 3.05) is 20.2 Å². The van der Waals surface area contributed by atoms with Crippen LogP contribution >= 0.6 is 11.6 Å². The summed E-state index contributed by atoms with van der Waals surface area (Å²) in [5.74, 6) is -0.0512. The Hall–Kier alpha value is -1.13. The van der Waals surface area contributed by atoms with Gasteiger partial charge in [0.1, 0.15) is 5.15 Å². The minimum atomic E-state index is -0.0512. The van der Waals surface area contributed by atoms with Crippen LogP contribution in [0.15, 0.2) is 18.3 Å². The fraction of sp³-hybridized carbons (Fsp3) is 0.500. The van der Waals surface area contributed by atoms with Crippen molar-refractivity contribution in [3.63, 3.8) is 0 Å². The predicted octanol–water partition coefficient (Wildman–Crippen LogP) is 1.99. The zero-order valence-electron chi connectivity index (χ0n) is 9.73. The lowest BCUT2D eigenvalue weighted by atomic mass is 10.2. The van der Waals surface area contributed by atoms with Gasteiger partial charge < -0.3 is 9.64 Å². The molecule has 0 radical (unpaired) electrons. The molecule has 4 nitrogen and oxygen atoms in total. The lowest BCUT2D eigenvalue weighted by Crippen LogP contribution is -2.34. The van der Waals surface area contributed by atoms with Gasteiger partial charge in [0.05, 0.1) is 11.7 Å². The van der Waals surface area contributed by atoms with Crippen molar-refractivity contribution >= 4 is 17.5 Å². The quantitative estimate of drug-likeness (QED) is 0.775. The maximum absolute atomic E-state index is 12.0. The SMILES string of the molecule is CN(CC1CCCO1)C(=O)c1ccc(Cl)nc1. The van der Waals surface area contributed by atoms with Gasteiger partial charge in [-0.25, -0.2) is 4.98 Å². The van der Waals surface area contributed by atoms with Gasteiger partial charge in [0, 0.05) is 26.4 Å². The van der Waals surface area contributed by atoms with E-state index >= 15 is 0 Å². The molecule has 1 aliphatic heterocycles.